The minimum Gasteiger partial charge on any atom is -0.481 e. The van der Waals surface area contributed by atoms with E-state index in [2.05, 4.69) is 10.1 Å². The summed E-state index contributed by atoms with van der Waals surface area (Å²) in [5, 5.41) is 12.1. The van der Waals surface area contributed by atoms with E-state index in [4.69, 9.17) is 9.63 Å². The van der Waals surface area contributed by atoms with Gasteiger partial charge in [0, 0.05) is 12.3 Å². The largest absolute Gasteiger partial charge is 0.481 e. The van der Waals surface area contributed by atoms with Crippen LogP contribution < -0.4 is 0 Å². The van der Waals surface area contributed by atoms with Gasteiger partial charge in [-0.15, -0.1) is 0 Å². The molecule has 0 radical (unpaired) electrons. The smallest absolute Gasteiger partial charge is 0.303 e. The lowest BCUT2D eigenvalue weighted by Gasteiger charge is -1.92. The van der Waals surface area contributed by atoms with Crippen molar-refractivity contribution in [3.05, 3.63) is 11.7 Å². The minimum atomic E-state index is -0.851. The molecule has 0 unspecified atom stereocenters. The number of carboxylic acids is 1. The van der Waals surface area contributed by atoms with Gasteiger partial charge in [0.15, 0.2) is 5.82 Å². The summed E-state index contributed by atoms with van der Waals surface area (Å²) in [5.41, 5.74) is 0. The van der Waals surface area contributed by atoms with Gasteiger partial charge in [-0.05, 0) is 0 Å². The summed E-state index contributed by atoms with van der Waals surface area (Å²) in [6.07, 6.45) is 0.364. The highest BCUT2D eigenvalue weighted by molar-refractivity contribution is 5.66. The van der Waals surface area contributed by atoms with Gasteiger partial charge in [0.05, 0.1) is 6.42 Å². The van der Waals surface area contributed by atoms with Crippen LogP contribution >= 0.6 is 0 Å². The topological polar surface area (TPSA) is 76.2 Å². The Morgan fingerprint density at radius 1 is 1.62 bits per heavy atom. The quantitative estimate of drug-likeness (QED) is 0.761. The summed E-state index contributed by atoms with van der Waals surface area (Å²) in [5.74, 6) is 0.355. The van der Waals surface area contributed by atoms with Gasteiger partial charge in [-0.1, -0.05) is 19.0 Å². The van der Waals surface area contributed by atoms with Crippen molar-refractivity contribution in [3.63, 3.8) is 0 Å². The molecule has 0 fully saturated rings. The summed E-state index contributed by atoms with van der Waals surface area (Å²) in [6.45, 7) is 3.88. The summed E-state index contributed by atoms with van der Waals surface area (Å²) >= 11 is 0. The zero-order valence-corrected chi connectivity index (χ0v) is 7.65. The molecule has 0 aliphatic heterocycles. The molecular weight excluding hydrogens is 172 g/mol. The SMILES string of the molecule is CC(C)c1nc(CCC(=O)O)no1. The maximum absolute atomic E-state index is 10.2. The number of hydrogen-bond acceptors (Lipinski definition) is 4. The second kappa shape index (κ2) is 4.02. The van der Waals surface area contributed by atoms with Gasteiger partial charge >= 0.3 is 5.97 Å². The number of hydrogen-bond donors (Lipinski definition) is 1. The Hall–Kier alpha value is -1.39. The van der Waals surface area contributed by atoms with Crippen LogP contribution in [0.15, 0.2) is 4.52 Å². The zero-order valence-electron chi connectivity index (χ0n) is 7.65. The molecule has 1 rings (SSSR count). The molecule has 1 aromatic heterocycles. The van der Waals surface area contributed by atoms with Crippen LogP contribution in [-0.4, -0.2) is 21.2 Å². The molecule has 0 aliphatic carbocycles. The zero-order chi connectivity index (χ0) is 9.84. The molecule has 0 amide bonds. The average Bonchev–Trinajstić information content (AvgIpc) is 2.48. The molecule has 5 heteroatoms. The van der Waals surface area contributed by atoms with E-state index in [1.807, 2.05) is 13.8 Å². The molecule has 0 aromatic carbocycles. The van der Waals surface area contributed by atoms with Crippen molar-refractivity contribution in [1.82, 2.24) is 10.1 Å². The summed E-state index contributed by atoms with van der Waals surface area (Å²) < 4.78 is 4.90. The first-order valence-electron chi connectivity index (χ1n) is 4.14. The first-order chi connectivity index (χ1) is 6.09. The lowest BCUT2D eigenvalue weighted by atomic mass is 10.2. The van der Waals surface area contributed by atoms with E-state index in [0.29, 0.717) is 18.1 Å². The summed E-state index contributed by atoms with van der Waals surface area (Å²) in [6, 6.07) is 0. The Bertz CT molecular complexity index is 293. The van der Waals surface area contributed by atoms with Crippen molar-refractivity contribution in [2.24, 2.45) is 0 Å². The van der Waals surface area contributed by atoms with Gasteiger partial charge in [0.25, 0.3) is 0 Å². The molecule has 1 N–H and O–H groups in total. The van der Waals surface area contributed by atoms with E-state index in [1.54, 1.807) is 0 Å². The molecule has 1 heterocycles. The second-order valence-corrected chi connectivity index (χ2v) is 3.10. The standard InChI is InChI=1S/C8H12N2O3/c1-5(2)8-9-6(10-13-8)3-4-7(11)12/h5H,3-4H2,1-2H3,(H,11,12). The van der Waals surface area contributed by atoms with Crippen molar-refractivity contribution in [1.29, 1.82) is 0 Å². The summed E-state index contributed by atoms with van der Waals surface area (Å²) in [4.78, 5) is 14.3. The van der Waals surface area contributed by atoms with Crippen molar-refractivity contribution >= 4 is 5.97 Å². The maximum Gasteiger partial charge on any atom is 0.303 e. The van der Waals surface area contributed by atoms with Crippen LogP contribution in [-0.2, 0) is 11.2 Å². The van der Waals surface area contributed by atoms with E-state index in [9.17, 15) is 4.79 Å². The molecule has 0 atom stereocenters. The molecule has 0 aliphatic rings. The number of aromatic nitrogens is 2. The van der Waals surface area contributed by atoms with E-state index in [0.717, 1.165) is 0 Å². The molecule has 1 aromatic rings. The van der Waals surface area contributed by atoms with Crippen molar-refractivity contribution in [2.45, 2.75) is 32.6 Å². The molecule has 13 heavy (non-hydrogen) atoms. The fourth-order valence-electron chi connectivity index (χ4n) is 0.822. The Morgan fingerprint density at radius 2 is 2.31 bits per heavy atom. The maximum atomic E-state index is 10.2. The van der Waals surface area contributed by atoms with E-state index in [1.165, 1.54) is 0 Å². The normalized spacial score (nSPS) is 10.7. The molecule has 0 saturated heterocycles. The number of aliphatic carboxylic acids is 1. The molecule has 72 valence electrons. The molecule has 0 spiro atoms. The van der Waals surface area contributed by atoms with Crippen LogP contribution in [0.2, 0.25) is 0 Å². The predicted molar refractivity (Wildman–Crippen MR) is 44.3 cm³/mol. The Balaban J connectivity index is 2.54. The van der Waals surface area contributed by atoms with Crippen LogP contribution in [0.3, 0.4) is 0 Å². The van der Waals surface area contributed by atoms with Gasteiger partial charge < -0.3 is 9.63 Å². The molecule has 0 bridgehead atoms. The first kappa shape index (κ1) is 9.70. The van der Waals surface area contributed by atoms with Gasteiger partial charge in [-0.25, -0.2) is 0 Å². The van der Waals surface area contributed by atoms with Crippen LogP contribution in [0, 0.1) is 0 Å². The van der Waals surface area contributed by atoms with E-state index >= 15 is 0 Å². The van der Waals surface area contributed by atoms with Crippen LogP contribution in [0.25, 0.3) is 0 Å². The number of carboxylic acid groups (broad SMARTS) is 1. The van der Waals surface area contributed by atoms with Gasteiger partial charge in [-0.3, -0.25) is 4.79 Å². The molecular formula is C8H12N2O3. The minimum absolute atomic E-state index is 0.0388. The highest BCUT2D eigenvalue weighted by Gasteiger charge is 2.10. The third kappa shape index (κ3) is 2.85. The highest BCUT2D eigenvalue weighted by atomic mass is 16.5. The van der Waals surface area contributed by atoms with Crippen molar-refractivity contribution in [3.8, 4) is 0 Å². The third-order valence-electron chi connectivity index (χ3n) is 1.54. The van der Waals surface area contributed by atoms with Crippen molar-refractivity contribution in [2.75, 3.05) is 0 Å². The number of rotatable bonds is 4. The van der Waals surface area contributed by atoms with Gasteiger partial charge in [0.2, 0.25) is 5.89 Å². The fraction of sp³-hybridized carbons (Fsp3) is 0.625. The lowest BCUT2D eigenvalue weighted by Crippen LogP contribution is -1.99. The molecule has 0 saturated carbocycles. The van der Waals surface area contributed by atoms with Crippen LogP contribution in [0.5, 0.6) is 0 Å². The van der Waals surface area contributed by atoms with Gasteiger partial charge in [-0.2, -0.15) is 4.98 Å². The second-order valence-electron chi connectivity index (χ2n) is 3.10. The highest BCUT2D eigenvalue weighted by Crippen LogP contribution is 2.11. The van der Waals surface area contributed by atoms with E-state index in [-0.39, 0.29) is 12.3 Å². The van der Waals surface area contributed by atoms with Crippen LogP contribution in [0.4, 0.5) is 0 Å². The number of nitrogens with zero attached hydrogens (tertiary/aromatic N) is 2. The average molecular weight is 184 g/mol. The van der Waals surface area contributed by atoms with Crippen LogP contribution in [0.1, 0.15) is 37.9 Å². The predicted octanol–water partition coefficient (Wildman–Crippen LogP) is 1.21. The Labute approximate surface area is 75.8 Å². The van der Waals surface area contributed by atoms with E-state index < -0.39 is 5.97 Å². The van der Waals surface area contributed by atoms with Gasteiger partial charge in [0.1, 0.15) is 0 Å². The Kier molecular flexibility index (Phi) is 3.00. The third-order valence-corrected chi connectivity index (χ3v) is 1.54. The lowest BCUT2D eigenvalue weighted by molar-refractivity contribution is -0.137. The summed E-state index contributed by atoms with van der Waals surface area (Å²) in [7, 11) is 0. The number of carbonyl (C=O) groups is 1. The van der Waals surface area contributed by atoms with Crippen molar-refractivity contribution < 1.29 is 14.4 Å². The fourth-order valence-corrected chi connectivity index (χ4v) is 0.822. The first-order valence-corrected chi connectivity index (χ1v) is 4.14. The Morgan fingerprint density at radius 3 is 2.77 bits per heavy atom. The number of aryl methyl sites for hydroxylation is 1. The molecule has 5 nitrogen and oxygen atoms in total. The monoisotopic (exact) mass is 184 g/mol.